The van der Waals surface area contributed by atoms with Crippen LogP contribution in [0.4, 0.5) is 10.1 Å². The van der Waals surface area contributed by atoms with Gasteiger partial charge in [-0.05, 0) is 38.0 Å². The van der Waals surface area contributed by atoms with Crippen molar-refractivity contribution in [3.05, 3.63) is 73.1 Å². The Labute approximate surface area is 205 Å². The summed E-state index contributed by atoms with van der Waals surface area (Å²) in [6.45, 7) is 1.24. The normalized spacial score (nSPS) is 15.4. The predicted octanol–water partition coefficient (Wildman–Crippen LogP) is 2.20. The van der Waals surface area contributed by atoms with E-state index in [0.29, 0.717) is 29.6 Å². The fourth-order valence-electron chi connectivity index (χ4n) is 4.27. The molecule has 0 bridgehead atoms. The van der Waals surface area contributed by atoms with E-state index in [1.165, 1.54) is 22.0 Å². The highest BCUT2D eigenvalue weighted by Gasteiger charge is 2.51. The van der Waals surface area contributed by atoms with Crippen molar-refractivity contribution in [1.82, 2.24) is 23.9 Å². The molecule has 4 aromatic rings. The zero-order valence-corrected chi connectivity index (χ0v) is 20.7. The summed E-state index contributed by atoms with van der Waals surface area (Å²) >= 11 is -1.03. The lowest BCUT2D eigenvalue weighted by atomic mass is 10.2. The predicted molar refractivity (Wildman–Crippen MR) is 132 cm³/mol. The number of hydrogen-bond donors (Lipinski definition) is 1. The van der Waals surface area contributed by atoms with Crippen LogP contribution < -0.4 is 15.6 Å². The van der Waals surface area contributed by atoms with Gasteiger partial charge in [0.05, 0.1) is 52.1 Å². The molecule has 1 saturated carbocycles. The van der Waals surface area contributed by atoms with E-state index in [1.807, 2.05) is 12.3 Å². The molecule has 1 fully saturated rings. The van der Waals surface area contributed by atoms with E-state index in [1.54, 1.807) is 36.3 Å². The van der Waals surface area contributed by atoms with Crippen molar-refractivity contribution in [3.8, 4) is 0 Å². The Morgan fingerprint density at radius 1 is 1.26 bits per heavy atom. The summed E-state index contributed by atoms with van der Waals surface area (Å²) in [6.07, 6.45) is 4.16. The van der Waals surface area contributed by atoms with Gasteiger partial charge in [0.15, 0.2) is 0 Å². The van der Waals surface area contributed by atoms with Gasteiger partial charge in [0.1, 0.15) is 6.67 Å². The Balaban J connectivity index is 1.71. The molecule has 5 rings (SSSR count). The first-order chi connectivity index (χ1) is 16.7. The molecule has 3 aromatic heterocycles. The number of hydrogen-bond acceptors (Lipinski definition) is 6. The standard InChI is InChI=1S/C22H23FN6O4S2/c1-14-25-16(12-34-14)11-27-19-4-3-17(29(35(32)33)22(13-23)5-6-22)7-18(19)20(30)28(21(27)31)10-15-8-24-26(2)9-15/h3-4,7-9,12H,5-6,10-11,13H2,1-2H3,(H,32,33). The van der Waals surface area contributed by atoms with E-state index in [9.17, 15) is 22.7 Å². The topological polar surface area (TPSA) is 115 Å². The van der Waals surface area contributed by atoms with E-state index >= 15 is 0 Å². The highest BCUT2D eigenvalue weighted by Crippen LogP contribution is 2.45. The number of alkyl halides is 1. The number of anilines is 1. The van der Waals surface area contributed by atoms with Crippen LogP contribution in [0.25, 0.3) is 10.9 Å². The Morgan fingerprint density at radius 2 is 2.03 bits per heavy atom. The van der Waals surface area contributed by atoms with Gasteiger partial charge >= 0.3 is 5.69 Å². The third-order valence-electron chi connectivity index (χ3n) is 6.19. The largest absolute Gasteiger partial charge is 0.332 e. The summed E-state index contributed by atoms with van der Waals surface area (Å²) in [5.41, 5.74) is -0.150. The van der Waals surface area contributed by atoms with Crippen molar-refractivity contribution in [3.63, 3.8) is 0 Å². The Hall–Kier alpha value is -3.16. The molecule has 1 aliphatic carbocycles. The zero-order chi connectivity index (χ0) is 24.9. The molecule has 13 heteroatoms. The monoisotopic (exact) mass is 518 g/mol. The summed E-state index contributed by atoms with van der Waals surface area (Å²) in [6, 6.07) is 4.57. The highest BCUT2D eigenvalue weighted by molar-refractivity contribution is 7.80. The molecule has 3 heterocycles. The molecule has 1 unspecified atom stereocenters. The molecule has 35 heavy (non-hydrogen) atoms. The van der Waals surface area contributed by atoms with Crippen molar-refractivity contribution in [2.75, 3.05) is 11.0 Å². The molecular formula is C22H23FN6O4S2. The van der Waals surface area contributed by atoms with Gasteiger partial charge in [-0.2, -0.15) is 5.10 Å². The van der Waals surface area contributed by atoms with Gasteiger partial charge in [-0.25, -0.2) is 18.4 Å². The van der Waals surface area contributed by atoms with Gasteiger partial charge in [0, 0.05) is 24.2 Å². The lowest BCUT2D eigenvalue weighted by molar-refractivity contribution is 0.413. The van der Waals surface area contributed by atoms with E-state index in [2.05, 4.69) is 10.1 Å². The van der Waals surface area contributed by atoms with Crippen molar-refractivity contribution in [1.29, 1.82) is 0 Å². The molecule has 1 aromatic carbocycles. The molecule has 0 aliphatic heterocycles. The van der Waals surface area contributed by atoms with Crippen LogP contribution in [-0.4, -0.2) is 44.9 Å². The average Bonchev–Trinajstić information content (AvgIpc) is 3.31. The number of nitrogens with zero attached hydrogens (tertiary/aromatic N) is 6. The van der Waals surface area contributed by atoms with Gasteiger partial charge < -0.3 is 0 Å². The highest BCUT2D eigenvalue weighted by atomic mass is 32.2. The van der Waals surface area contributed by atoms with Crippen LogP contribution >= 0.6 is 11.3 Å². The lowest BCUT2D eigenvalue weighted by Gasteiger charge is -2.28. The number of benzene rings is 1. The second kappa shape index (κ2) is 8.81. The number of aromatic nitrogens is 5. The first-order valence-electron chi connectivity index (χ1n) is 10.9. The summed E-state index contributed by atoms with van der Waals surface area (Å²) in [4.78, 5) is 31.5. The summed E-state index contributed by atoms with van der Waals surface area (Å²) in [5.74, 6) is 0. The zero-order valence-electron chi connectivity index (χ0n) is 19.0. The number of halogens is 1. The molecule has 10 nitrogen and oxygen atoms in total. The van der Waals surface area contributed by atoms with Crippen LogP contribution in [0.1, 0.15) is 29.1 Å². The van der Waals surface area contributed by atoms with Crippen LogP contribution in [0, 0.1) is 6.92 Å². The second-order valence-electron chi connectivity index (χ2n) is 8.72. The maximum atomic E-state index is 13.8. The number of aryl methyl sites for hydroxylation is 2. The van der Waals surface area contributed by atoms with Crippen molar-refractivity contribution in [2.24, 2.45) is 7.05 Å². The van der Waals surface area contributed by atoms with Gasteiger partial charge in [-0.3, -0.25) is 27.5 Å². The first kappa shape index (κ1) is 23.6. The third kappa shape index (κ3) is 4.23. The van der Waals surface area contributed by atoms with E-state index in [-0.39, 0.29) is 24.2 Å². The van der Waals surface area contributed by atoms with Gasteiger partial charge in [-0.15, -0.1) is 11.3 Å². The summed E-state index contributed by atoms with van der Waals surface area (Å²) in [5, 5.41) is 7.00. The van der Waals surface area contributed by atoms with Gasteiger partial charge in [-0.1, -0.05) is 0 Å². The molecule has 0 radical (unpaired) electrons. The minimum absolute atomic E-state index is 0.00578. The van der Waals surface area contributed by atoms with Gasteiger partial charge in [0.25, 0.3) is 16.8 Å². The molecular weight excluding hydrogens is 495 g/mol. The van der Waals surface area contributed by atoms with E-state index < -0.39 is 34.7 Å². The smallest absolute Gasteiger partial charge is 0.289 e. The fourth-order valence-corrected chi connectivity index (χ4v) is 5.73. The van der Waals surface area contributed by atoms with Crippen molar-refractivity contribution >= 4 is 39.2 Å². The third-order valence-corrected chi connectivity index (χ3v) is 7.92. The van der Waals surface area contributed by atoms with Crippen LogP contribution in [0.5, 0.6) is 0 Å². The second-order valence-corrected chi connectivity index (χ2v) is 10.6. The molecule has 0 saturated heterocycles. The lowest BCUT2D eigenvalue weighted by Crippen LogP contribution is -2.42. The molecule has 1 aliphatic rings. The van der Waals surface area contributed by atoms with Crippen LogP contribution in [0.3, 0.4) is 0 Å². The number of thiazole rings is 1. The van der Waals surface area contributed by atoms with Crippen LogP contribution in [0.15, 0.2) is 45.6 Å². The summed E-state index contributed by atoms with van der Waals surface area (Å²) < 4.78 is 41.1. The quantitative estimate of drug-likeness (QED) is 0.358. The minimum Gasteiger partial charge on any atom is -0.289 e. The molecule has 1 atom stereocenters. The fraction of sp³-hybridized carbons (Fsp3) is 0.364. The SMILES string of the molecule is Cc1nc(Cn2c(=O)n(Cc3cnn(C)c3)c(=O)c3cc(N(S(=O)O)C4(CF)CC4)ccc32)cs1. The Morgan fingerprint density at radius 3 is 2.60 bits per heavy atom. The molecule has 0 amide bonds. The molecule has 0 spiro atoms. The van der Waals surface area contributed by atoms with Gasteiger partial charge in [0.2, 0.25) is 0 Å². The number of fused-ring (bicyclic) bond motifs is 1. The number of rotatable bonds is 8. The average molecular weight is 519 g/mol. The molecule has 184 valence electrons. The van der Waals surface area contributed by atoms with Crippen LogP contribution in [-0.2, 0) is 31.4 Å². The maximum absolute atomic E-state index is 13.8. The van der Waals surface area contributed by atoms with Crippen LogP contribution in [0.2, 0.25) is 0 Å². The Bertz CT molecular complexity index is 1570. The maximum Gasteiger partial charge on any atom is 0.332 e. The van der Waals surface area contributed by atoms with E-state index in [4.69, 9.17) is 0 Å². The first-order valence-corrected chi connectivity index (χ1v) is 12.8. The Kier molecular flexibility index (Phi) is 5.93. The summed E-state index contributed by atoms with van der Waals surface area (Å²) in [7, 11) is 1.74. The van der Waals surface area contributed by atoms with Crippen molar-refractivity contribution < 1.29 is 13.2 Å². The molecule has 1 N–H and O–H groups in total. The van der Waals surface area contributed by atoms with Crippen molar-refractivity contribution in [2.45, 2.75) is 38.4 Å². The minimum atomic E-state index is -2.49. The van der Waals surface area contributed by atoms with E-state index in [0.717, 1.165) is 13.9 Å².